The van der Waals surface area contributed by atoms with Crippen LogP contribution in [0, 0.1) is 0 Å². The SMILES string of the molecule is CC(Cc1ccccc1)NC(=O)C(O)C(O)C(O)C(O)CO. The minimum Gasteiger partial charge on any atom is -0.394 e. The number of rotatable bonds is 8. The summed E-state index contributed by atoms with van der Waals surface area (Å²) in [5.41, 5.74) is 1.00. The molecule has 1 rings (SSSR count). The van der Waals surface area contributed by atoms with Crippen molar-refractivity contribution in [3.63, 3.8) is 0 Å². The Kier molecular flexibility index (Phi) is 7.43. The molecule has 7 nitrogen and oxygen atoms in total. The molecule has 1 amide bonds. The van der Waals surface area contributed by atoms with Gasteiger partial charge in [0, 0.05) is 6.04 Å². The van der Waals surface area contributed by atoms with Gasteiger partial charge in [-0.2, -0.15) is 0 Å². The molecular weight excluding hydrogens is 290 g/mol. The van der Waals surface area contributed by atoms with Crippen molar-refractivity contribution in [3.8, 4) is 0 Å². The van der Waals surface area contributed by atoms with Crippen LogP contribution in [0.2, 0.25) is 0 Å². The van der Waals surface area contributed by atoms with Crippen molar-refractivity contribution in [2.24, 2.45) is 0 Å². The summed E-state index contributed by atoms with van der Waals surface area (Å²) in [7, 11) is 0. The Balaban J connectivity index is 2.52. The van der Waals surface area contributed by atoms with E-state index in [0.717, 1.165) is 5.56 Å². The second-order valence-electron chi connectivity index (χ2n) is 5.28. The smallest absolute Gasteiger partial charge is 0.251 e. The quantitative estimate of drug-likeness (QED) is 0.335. The van der Waals surface area contributed by atoms with E-state index in [4.69, 9.17) is 5.11 Å². The van der Waals surface area contributed by atoms with Crippen LogP contribution in [0.15, 0.2) is 30.3 Å². The second kappa shape index (κ2) is 8.82. The first kappa shape index (κ1) is 18.5. The molecule has 22 heavy (non-hydrogen) atoms. The highest BCUT2D eigenvalue weighted by atomic mass is 16.4. The van der Waals surface area contributed by atoms with Gasteiger partial charge in [-0.1, -0.05) is 30.3 Å². The van der Waals surface area contributed by atoms with Gasteiger partial charge in [-0.15, -0.1) is 0 Å². The normalized spacial score (nSPS) is 18.1. The van der Waals surface area contributed by atoms with Crippen LogP contribution in [0.5, 0.6) is 0 Å². The molecule has 0 aromatic heterocycles. The monoisotopic (exact) mass is 313 g/mol. The third-order valence-electron chi connectivity index (χ3n) is 3.30. The molecule has 5 unspecified atom stereocenters. The lowest BCUT2D eigenvalue weighted by molar-refractivity contribution is -0.149. The van der Waals surface area contributed by atoms with Crippen LogP contribution in [0.4, 0.5) is 0 Å². The number of carbonyl (C=O) groups is 1. The number of amides is 1. The fraction of sp³-hybridized carbons (Fsp3) is 0.533. The average Bonchev–Trinajstić information content (AvgIpc) is 2.52. The number of hydrogen-bond acceptors (Lipinski definition) is 6. The number of hydrogen-bond donors (Lipinski definition) is 6. The van der Waals surface area contributed by atoms with Crippen LogP contribution >= 0.6 is 0 Å². The molecule has 0 aliphatic heterocycles. The first-order chi connectivity index (χ1) is 10.4. The zero-order chi connectivity index (χ0) is 16.7. The molecule has 124 valence electrons. The van der Waals surface area contributed by atoms with E-state index >= 15 is 0 Å². The highest BCUT2D eigenvalue weighted by Gasteiger charge is 2.34. The largest absolute Gasteiger partial charge is 0.394 e. The van der Waals surface area contributed by atoms with Gasteiger partial charge >= 0.3 is 0 Å². The molecule has 5 atom stereocenters. The second-order valence-corrected chi connectivity index (χ2v) is 5.28. The highest BCUT2D eigenvalue weighted by molar-refractivity contribution is 5.81. The number of aliphatic hydroxyl groups excluding tert-OH is 5. The van der Waals surface area contributed by atoms with Crippen molar-refractivity contribution in [2.45, 2.75) is 43.8 Å². The molecule has 1 aromatic rings. The van der Waals surface area contributed by atoms with E-state index in [1.807, 2.05) is 30.3 Å². The lowest BCUT2D eigenvalue weighted by Crippen LogP contribution is -2.53. The van der Waals surface area contributed by atoms with Gasteiger partial charge < -0.3 is 30.8 Å². The van der Waals surface area contributed by atoms with Gasteiger partial charge in [0.15, 0.2) is 6.10 Å². The Labute approximate surface area is 128 Å². The Morgan fingerprint density at radius 3 is 2.23 bits per heavy atom. The number of nitrogens with one attached hydrogen (secondary N) is 1. The predicted octanol–water partition coefficient (Wildman–Crippen LogP) is -1.83. The Morgan fingerprint density at radius 2 is 1.68 bits per heavy atom. The lowest BCUT2D eigenvalue weighted by Gasteiger charge is -2.26. The molecule has 0 heterocycles. The van der Waals surface area contributed by atoms with Crippen LogP contribution in [0.1, 0.15) is 12.5 Å². The van der Waals surface area contributed by atoms with E-state index in [1.54, 1.807) is 6.92 Å². The molecule has 0 radical (unpaired) electrons. The van der Waals surface area contributed by atoms with E-state index < -0.39 is 36.9 Å². The molecule has 0 spiro atoms. The first-order valence-corrected chi connectivity index (χ1v) is 7.04. The van der Waals surface area contributed by atoms with Gasteiger partial charge in [0.25, 0.3) is 5.91 Å². The van der Waals surface area contributed by atoms with E-state index in [0.29, 0.717) is 6.42 Å². The number of carbonyl (C=O) groups excluding carboxylic acids is 1. The Bertz CT molecular complexity index is 455. The topological polar surface area (TPSA) is 130 Å². The van der Waals surface area contributed by atoms with Crippen molar-refractivity contribution in [3.05, 3.63) is 35.9 Å². The molecule has 1 aromatic carbocycles. The minimum atomic E-state index is -1.91. The summed E-state index contributed by atoms with van der Waals surface area (Å²) in [4.78, 5) is 11.8. The summed E-state index contributed by atoms with van der Waals surface area (Å²) < 4.78 is 0. The van der Waals surface area contributed by atoms with Crippen LogP contribution in [-0.2, 0) is 11.2 Å². The zero-order valence-corrected chi connectivity index (χ0v) is 12.3. The summed E-state index contributed by atoms with van der Waals surface area (Å²) in [6.07, 6.45) is -6.73. The van der Waals surface area contributed by atoms with Crippen LogP contribution < -0.4 is 5.32 Å². The number of aliphatic hydroxyl groups is 5. The van der Waals surface area contributed by atoms with Crippen molar-refractivity contribution < 1.29 is 30.3 Å². The predicted molar refractivity (Wildman–Crippen MR) is 78.9 cm³/mol. The fourth-order valence-corrected chi connectivity index (χ4v) is 2.02. The fourth-order valence-electron chi connectivity index (χ4n) is 2.02. The summed E-state index contributed by atoms with van der Waals surface area (Å²) in [5.74, 6) is -0.861. The van der Waals surface area contributed by atoms with Gasteiger partial charge in [0.2, 0.25) is 0 Å². The Hall–Kier alpha value is -1.51. The van der Waals surface area contributed by atoms with Gasteiger partial charge in [0.05, 0.1) is 6.61 Å². The van der Waals surface area contributed by atoms with E-state index in [9.17, 15) is 25.2 Å². The Morgan fingerprint density at radius 1 is 1.09 bits per heavy atom. The number of benzene rings is 1. The summed E-state index contributed by atoms with van der Waals surface area (Å²) in [6, 6.07) is 9.12. The molecular formula is C15H23NO6. The zero-order valence-electron chi connectivity index (χ0n) is 12.3. The maximum Gasteiger partial charge on any atom is 0.251 e. The van der Waals surface area contributed by atoms with Gasteiger partial charge in [-0.05, 0) is 18.9 Å². The molecule has 0 fully saturated rings. The molecule has 0 aliphatic rings. The highest BCUT2D eigenvalue weighted by Crippen LogP contribution is 2.07. The van der Waals surface area contributed by atoms with Crippen molar-refractivity contribution >= 4 is 5.91 Å². The average molecular weight is 313 g/mol. The third kappa shape index (κ3) is 5.36. The lowest BCUT2D eigenvalue weighted by atomic mass is 10.0. The van der Waals surface area contributed by atoms with Crippen LogP contribution in [0.25, 0.3) is 0 Å². The summed E-state index contributed by atoms with van der Waals surface area (Å²) in [5, 5.41) is 49.2. The third-order valence-corrected chi connectivity index (χ3v) is 3.30. The minimum absolute atomic E-state index is 0.295. The molecule has 0 aliphatic carbocycles. The van der Waals surface area contributed by atoms with E-state index in [-0.39, 0.29) is 6.04 Å². The maximum atomic E-state index is 11.8. The van der Waals surface area contributed by atoms with Gasteiger partial charge in [0.1, 0.15) is 18.3 Å². The molecule has 0 saturated carbocycles. The van der Waals surface area contributed by atoms with Crippen molar-refractivity contribution in [2.75, 3.05) is 6.61 Å². The van der Waals surface area contributed by atoms with Gasteiger partial charge in [-0.3, -0.25) is 4.79 Å². The molecule has 0 bridgehead atoms. The molecule has 0 saturated heterocycles. The molecule has 7 heteroatoms. The standard InChI is InChI=1S/C15H23NO6/c1-9(7-10-5-3-2-4-6-10)16-15(22)14(21)13(20)12(19)11(18)8-17/h2-6,9,11-14,17-21H,7-8H2,1H3,(H,16,22). The van der Waals surface area contributed by atoms with Crippen molar-refractivity contribution in [1.29, 1.82) is 0 Å². The summed E-state index contributed by atoms with van der Waals surface area (Å²) in [6.45, 7) is 0.944. The summed E-state index contributed by atoms with van der Waals surface area (Å²) >= 11 is 0. The van der Waals surface area contributed by atoms with E-state index in [1.165, 1.54) is 0 Å². The van der Waals surface area contributed by atoms with Crippen LogP contribution in [0.3, 0.4) is 0 Å². The van der Waals surface area contributed by atoms with Crippen LogP contribution in [-0.4, -0.2) is 68.5 Å². The van der Waals surface area contributed by atoms with E-state index in [2.05, 4.69) is 5.32 Å². The first-order valence-electron chi connectivity index (χ1n) is 7.04. The maximum absolute atomic E-state index is 11.8. The van der Waals surface area contributed by atoms with Crippen molar-refractivity contribution in [1.82, 2.24) is 5.32 Å². The van der Waals surface area contributed by atoms with Gasteiger partial charge in [-0.25, -0.2) is 0 Å². The molecule has 6 N–H and O–H groups in total.